The molecule has 3 N–H and O–H groups in total. The lowest BCUT2D eigenvalue weighted by Gasteiger charge is -2.23. The molecule has 2 aromatic rings. The molecule has 1 aromatic carbocycles. The molecule has 1 aromatic heterocycles. The van der Waals surface area contributed by atoms with Crippen LogP contribution in [0.15, 0.2) is 47.7 Å². The molecule has 164 valence electrons. The van der Waals surface area contributed by atoms with E-state index >= 15 is 0 Å². The molecule has 30 heavy (non-hydrogen) atoms. The third kappa shape index (κ3) is 9.11. The summed E-state index contributed by atoms with van der Waals surface area (Å²) in [5.41, 5.74) is 2.12. The summed E-state index contributed by atoms with van der Waals surface area (Å²) >= 11 is 0. The van der Waals surface area contributed by atoms with Gasteiger partial charge in [0.05, 0.1) is 6.54 Å². The molecule has 7 nitrogen and oxygen atoms in total. The summed E-state index contributed by atoms with van der Waals surface area (Å²) in [6.07, 6.45) is 5.67. The van der Waals surface area contributed by atoms with Gasteiger partial charge in [0.25, 0.3) is 0 Å². The number of nitrogens with one attached hydrogen (secondary N) is 3. The van der Waals surface area contributed by atoms with Gasteiger partial charge in [0.15, 0.2) is 5.96 Å². The molecular formula is C23H36N6O. The van der Waals surface area contributed by atoms with E-state index < -0.39 is 0 Å². The van der Waals surface area contributed by atoms with E-state index in [2.05, 4.69) is 55.7 Å². The Kier molecular flexibility index (Phi) is 8.89. The molecule has 2 rings (SSSR count). The lowest BCUT2D eigenvalue weighted by atomic mass is 9.89. The largest absolute Gasteiger partial charge is 0.357 e. The molecule has 0 spiro atoms. The Morgan fingerprint density at radius 3 is 2.73 bits per heavy atom. The van der Waals surface area contributed by atoms with E-state index in [1.54, 1.807) is 23.1 Å². The van der Waals surface area contributed by atoms with Crippen LogP contribution in [0, 0.1) is 5.41 Å². The first-order valence-electron chi connectivity index (χ1n) is 10.7. The molecule has 1 amide bonds. The summed E-state index contributed by atoms with van der Waals surface area (Å²) in [5, 5.41) is 13.8. The van der Waals surface area contributed by atoms with Crippen LogP contribution in [0.1, 0.15) is 53.0 Å². The third-order valence-electron chi connectivity index (χ3n) is 4.55. The minimum atomic E-state index is -0.109. The first-order chi connectivity index (χ1) is 14.2. The lowest BCUT2D eigenvalue weighted by Crippen LogP contribution is -2.42. The van der Waals surface area contributed by atoms with E-state index in [0.29, 0.717) is 18.0 Å². The third-order valence-corrected chi connectivity index (χ3v) is 4.55. The SMILES string of the molecule is CCNC(=NCc1cccc(NC(=O)Cn2cccn2)c1)NC(C)CCC(C)(C)C. The van der Waals surface area contributed by atoms with Crippen molar-refractivity contribution in [3.8, 4) is 0 Å². The van der Waals surface area contributed by atoms with Crippen molar-refractivity contribution in [2.75, 3.05) is 11.9 Å². The molecule has 0 aliphatic rings. The van der Waals surface area contributed by atoms with Gasteiger partial charge in [0.1, 0.15) is 6.54 Å². The molecule has 1 atom stereocenters. The number of aliphatic imine (C=N–C) groups is 1. The van der Waals surface area contributed by atoms with Crippen LogP contribution in [-0.2, 0) is 17.9 Å². The highest BCUT2D eigenvalue weighted by Crippen LogP contribution is 2.21. The number of carbonyl (C=O) groups excluding carboxylic acids is 1. The highest BCUT2D eigenvalue weighted by atomic mass is 16.2. The smallest absolute Gasteiger partial charge is 0.246 e. The lowest BCUT2D eigenvalue weighted by molar-refractivity contribution is -0.116. The maximum atomic E-state index is 12.2. The Morgan fingerprint density at radius 2 is 2.07 bits per heavy atom. The van der Waals surface area contributed by atoms with Crippen LogP contribution in [0.5, 0.6) is 0 Å². The van der Waals surface area contributed by atoms with E-state index in [4.69, 9.17) is 4.99 Å². The number of amides is 1. The average Bonchev–Trinajstić information content (AvgIpc) is 3.17. The van der Waals surface area contributed by atoms with E-state index in [9.17, 15) is 4.79 Å². The second kappa shape index (κ2) is 11.4. The summed E-state index contributed by atoms with van der Waals surface area (Å²) in [4.78, 5) is 16.9. The van der Waals surface area contributed by atoms with Crippen LogP contribution in [0.3, 0.4) is 0 Å². The Labute approximate surface area is 180 Å². The molecule has 0 saturated heterocycles. The topological polar surface area (TPSA) is 83.3 Å². The van der Waals surface area contributed by atoms with Crippen molar-refractivity contribution in [1.29, 1.82) is 0 Å². The molecule has 0 aliphatic carbocycles. The summed E-state index contributed by atoms with van der Waals surface area (Å²) < 4.78 is 1.60. The maximum absolute atomic E-state index is 12.2. The van der Waals surface area contributed by atoms with Crippen LogP contribution >= 0.6 is 0 Å². The van der Waals surface area contributed by atoms with Crippen molar-refractivity contribution in [2.24, 2.45) is 10.4 Å². The molecule has 1 unspecified atom stereocenters. The fourth-order valence-corrected chi connectivity index (χ4v) is 2.93. The summed E-state index contributed by atoms with van der Waals surface area (Å²) in [5.74, 6) is 0.703. The van der Waals surface area contributed by atoms with Crippen molar-refractivity contribution in [1.82, 2.24) is 20.4 Å². The predicted octanol–water partition coefficient (Wildman–Crippen LogP) is 3.79. The van der Waals surface area contributed by atoms with E-state index in [1.165, 1.54) is 0 Å². The Balaban J connectivity index is 1.93. The van der Waals surface area contributed by atoms with E-state index in [-0.39, 0.29) is 12.5 Å². The summed E-state index contributed by atoms with van der Waals surface area (Å²) in [7, 11) is 0. The quantitative estimate of drug-likeness (QED) is 0.432. The van der Waals surface area contributed by atoms with Crippen LogP contribution in [0.2, 0.25) is 0 Å². The van der Waals surface area contributed by atoms with Crippen LogP contribution < -0.4 is 16.0 Å². The number of nitrogens with zero attached hydrogens (tertiary/aromatic N) is 3. The molecule has 0 bridgehead atoms. The fourth-order valence-electron chi connectivity index (χ4n) is 2.93. The van der Waals surface area contributed by atoms with Crippen molar-refractivity contribution in [3.05, 3.63) is 48.3 Å². The first kappa shape index (κ1) is 23.4. The average molecular weight is 413 g/mol. The molecule has 0 radical (unpaired) electrons. The number of aromatic nitrogens is 2. The monoisotopic (exact) mass is 412 g/mol. The Morgan fingerprint density at radius 1 is 1.27 bits per heavy atom. The molecule has 0 saturated carbocycles. The molecular weight excluding hydrogens is 376 g/mol. The maximum Gasteiger partial charge on any atom is 0.246 e. The second-order valence-electron chi connectivity index (χ2n) is 8.79. The number of guanidine groups is 1. The Hall–Kier alpha value is -2.83. The number of rotatable bonds is 9. The van der Waals surface area contributed by atoms with Crippen molar-refractivity contribution in [3.63, 3.8) is 0 Å². The normalized spacial score (nSPS) is 13.0. The first-order valence-corrected chi connectivity index (χ1v) is 10.7. The van der Waals surface area contributed by atoms with Gasteiger partial charge in [-0.05, 0) is 55.9 Å². The molecule has 0 fully saturated rings. The van der Waals surface area contributed by atoms with Gasteiger partial charge in [-0.15, -0.1) is 0 Å². The highest BCUT2D eigenvalue weighted by molar-refractivity contribution is 5.90. The van der Waals surface area contributed by atoms with Crippen molar-refractivity contribution < 1.29 is 4.79 Å². The fraction of sp³-hybridized carbons (Fsp3) is 0.522. The van der Waals surface area contributed by atoms with Gasteiger partial charge in [0.2, 0.25) is 5.91 Å². The zero-order valence-corrected chi connectivity index (χ0v) is 18.9. The summed E-state index contributed by atoms with van der Waals surface area (Å²) in [6.45, 7) is 12.6. The number of benzene rings is 1. The van der Waals surface area contributed by atoms with E-state index in [1.807, 2.05) is 24.3 Å². The number of hydrogen-bond acceptors (Lipinski definition) is 3. The van der Waals surface area contributed by atoms with Gasteiger partial charge >= 0.3 is 0 Å². The molecule has 1 heterocycles. The number of hydrogen-bond donors (Lipinski definition) is 3. The van der Waals surface area contributed by atoms with Crippen LogP contribution in [-0.4, -0.2) is 34.2 Å². The van der Waals surface area contributed by atoms with Gasteiger partial charge in [-0.3, -0.25) is 9.48 Å². The van der Waals surface area contributed by atoms with Crippen molar-refractivity contribution in [2.45, 2.75) is 66.6 Å². The number of carbonyl (C=O) groups is 1. The molecule has 7 heteroatoms. The minimum absolute atomic E-state index is 0.109. The van der Waals surface area contributed by atoms with Crippen LogP contribution in [0.25, 0.3) is 0 Å². The number of anilines is 1. The van der Waals surface area contributed by atoms with Gasteiger partial charge in [-0.2, -0.15) is 5.10 Å². The zero-order valence-electron chi connectivity index (χ0n) is 18.9. The Bertz CT molecular complexity index is 807. The highest BCUT2D eigenvalue weighted by Gasteiger charge is 2.13. The zero-order chi connectivity index (χ0) is 22.0. The molecule has 0 aliphatic heterocycles. The van der Waals surface area contributed by atoms with Crippen molar-refractivity contribution >= 4 is 17.6 Å². The summed E-state index contributed by atoms with van der Waals surface area (Å²) in [6, 6.07) is 9.92. The standard InChI is InChI=1S/C23H36N6O/c1-6-24-22(27-18(2)11-12-23(3,4)5)25-16-19-9-7-10-20(15-19)28-21(30)17-29-14-8-13-26-29/h7-10,13-15,18H,6,11-12,16-17H2,1-5H3,(H,28,30)(H2,24,25,27). The second-order valence-corrected chi connectivity index (χ2v) is 8.79. The van der Waals surface area contributed by atoms with Crippen LogP contribution in [0.4, 0.5) is 5.69 Å². The minimum Gasteiger partial charge on any atom is -0.357 e. The van der Waals surface area contributed by atoms with Gasteiger partial charge in [0, 0.05) is 30.7 Å². The van der Waals surface area contributed by atoms with Gasteiger partial charge in [-0.25, -0.2) is 4.99 Å². The van der Waals surface area contributed by atoms with Gasteiger partial charge in [-0.1, -0.05) is 32.9 Å². The predicted molar refractivity (Wildman–Crippen MR) is 123 cm³/mol. The van der Waals surface area contributed by atoms with Gasteiger partial charge < -0.3 is 16.0 Å². The van der Waals surface area contributed by atoms with E-state index in [0.717, 1.165) is 36.6 Å².